The van der Waals surface area contributed by atoms with Crippen LogP contribution in [0.5, 0.6) is 0 Å². The van der Waals surface area contributed by atoms with E-state index < -0.39 is 22.0 Å². The van der Waals surface area contributed by atoms with Crippen molar-refractivity contribution in [3.63, 3.8) is 0 Å². The molecule has 1 atom stereocenters. The van der Waals surface area contributed by atoms with Crippen LogP contribution in [-0.4, -0.2) is 110 Å². The van der Waals surface area contributed by atoms with Gasteiger partial charge in [0.25, 0.3) is 5.56 Å². The third-order valence-electron chi connectivity index (χ3n) is 13.4. The number of fused-ring (bicyclic) bond motifs is 2. The summed E-state index contributed by atoms with van der Waals surface area (Å²) in [6.45, 7) is 7.62. The van der Waals surface area contributed by atoms with E-state index in [0.717, 1.165) is 106 Å². The zero-order valence-electron chi connectivity index (χ0n) is 34.9. The van der Waals surface area contributed by atoms with Crippen LogP contribution in [0.25, 0.3) is 22.1 Å². The van der Waals surface area contributed by atoms with Crippen LogP contribution in [0.4, 0.5) is 11.6 Å². The summed E-state index contributed by atoms with van der Waals surface area (Å²) < 4.78 is 34.2. The number of imidazole rings is 1. The number of amides is 2. The van der Waals surface area contributed by atoms with Gasteiger partial charge in [0.15, 0.2) is 0 Å². The van der Waals surface area contributed by atoms with Gasteiger partial charge in [-0.1, -0.05) is 18.9 Å². The smallest absolute Gasteiger partial charge is 0.324 e. The number of aryl methyl sites for hydroxylation is 3. The monoisotopic (exact) mass is 850 g/mol. The molecular formula is C44H54N10O6S. The first kappa shape index (κ1) is 41.1. The van der Waals surface area contributed by atoms with Crippen molar-refractivity contribution in [2.24, 2.45) is 7.05 Å². The standard InChI is InChI=1S/C44H54N10O6S/c1-29-26-34(11-12-35(29)46-43-45-28-31-10-16-40(56)53(41(31)48-43)33-7-3-4-8-33)61(59,60)52-20-17-32(18-21-52)51-24-22-50(23-25-51)19-5-6-30-9-13-36-38(27-30)49(2)44(58)54(36)37-14-15-39(55)47-42(37)57/h9-13,16,26-28,32-33,37H,3-8,14-15,17-25H2,1-2H3,(H,45,46,48)(H,47,55,57). The number of carbonyl (C=O) groups is 2. The summed E-state index contributed by atoms with van der Waals surface area (Å²) in [6, 6.07) is 14.2. The van der Waals surface area contributed by atoms with Crippen LogP contribution in [-0.2, 0) is 33.1 Å². The van der Waals surface area contributed by atoms with Crippen LogP contribution in [0.1, 0.15) is 81.0 Å². The molecule has 17 heteroatoms. The van der Waals surface area contributed by atoms with Gasteiger partial charge in [0.2, 0.25) is 27.8 Å². The van der Waals surface area contributed by atoms with Crippen molar-refractivity contribution in [1.82, 2.24) is 43.1 Å². The number of imide groups is 1. The summed E-state index contributed by atoms with van der Waals surface area (Å²) in [4.78, 5) is 64.8. The number of hydrogen-bond acceptors (Lipinski definition) is 11. The lowest BCUT2D eigenvalue weighted by Gasteiger charge is -2.42. The van der Waals surface area contributed by atoms with Crippen molar-refractivity contribution in [2.45, 2.75) is 94.2 Å². The Kier molecular flexibility index (Phi) is 11.4. The van der Waals surface area contributed by atoms with E-state index >= 15 is 0 Å². The second-order valence-electron chi connectivity index (χ2n) is 17.2. The summed E-state index contributed by atoms with van der Waals surface area (Å²) >= 11 is 0. The zero-order chi connectivity index (χ0) is 42.4. The summed E-state index contributed by atoms with van der Waals surface area (Å²) in [7, 11) is -1.96. The quantitative estimate of drug-likeness (QED) is 0.184. The second kappa shape index (κ2) is 16.9. The lowest BCUT2D eigenvalue weighted by Crippen LogP contribution is -2.53. The number of benzene rings is 2. The van der Waals surface area contributed by atoms with E-state index in [9.17, 15) is 27.6 Å². The number of aromatic nitrogens is 5. The van der Waals surface area contributed by atoms with Crippen LogP contribution in [0.15, 0.2) is 69.2 Å². The fourth-order valence-corrected chi connectivity index (χ4v) is 11.5. The number of rotatable bonds is 11. The first-order chi connectivity index (χ1) is 29.4. The molecule has 61 heavy (non-hydrogen) atoms. The van der Waals surface area contributed by atoms with Gasteiger partial charge in [-0.25, -0.2) is 18.2 Å². The van der Waals surface area contributed by atoms with Crippen molar-refractivity contribution in [3.05, 3.63) is 86.7 Å². The zero-order valence-corrected chi connectivity index (χ0v) is 35.7. The molecule has 1 saturated carbocycles. The van der Waals surface area contributed by atoms with Crippen LogP contribution < -0.4 is 21.9 Å². The number of anilines is 2. The number of nitrogens with zero attached hydrogens (tertiary/aromatic N) is 8. The highest BCUT2D eigenvalue weighted by molar-refractivity contribution is 7.89. The lowest BCUT2D eigenvalue weighted by atomic mass is 10.0. The fourth-order valence-electron chi connectivity index (χ4n) is 9.92. The SMILES string of the molecule is Cc1cc(S(=O)(=O)N2CCC(N3CCN(CCCc4ccc5c(c4)n(C)c(=O)n5C4CCC(=O)NC4=O)CC3)CC2)ccc1Nc1ncc2ccc(=O)n(C3CCCC3)c2n1. The van der Waals surface area contributed by atoms with E-state index in [0.29, 0.717) is 48.4 Å². The summed E-state index contributed by atoms with van der Waals surface area (Å²) in [5, 5.41) is 6.43. The van der Waals surface area contributed by atoms with Gasteiger partial charge < -0.3 is 10.2 Å². The van der Waals surface area contributed by atoms with Gasteiger partial charge in [0.1, 0.15) is 11.7 Å². The van der Waals surface area contributed by atoms with Crippen molar-refractivity contribution in [1.29, 1.82) is 0 Å². The predicted molar refractivity (Wildman–Crippen MR) is 232 cm³/mol. The summed E-state index contributed by atoms with van der Waals surface area (Å²) in [5.41, 5.74) is 4.37. The van der Waals surface area contributed by atoms with Crippen LogP contribution in [0.3, 0.4) is 0 Å². The highest BCUT2D eigenvalue weighted by atomic mass is 32.2. The molecular weight excluding hydrogens is 797 g/mol. The van der Waals surface area contributed by atoms with Crippen molar-refractivity contribution in [2.75, 3.05) is 51.1 Å². The van der Waals surface area contributed by atoms with Crippen molar-refractivity contribution in [3.8, 4) is 0 Å². The Hall–Kier alpha value is -5.23. The Morgan fingerprint density at radius 3 is 2.33 bits per heavy atom. The molecule has 0 spiro atoms. The highest BCUT2D eigenvalue weighted by Gasteiger charge is 2.34. The number of nitrogens with one attached hydrogen (secondary N) is 2. The minimum absolute atomic E-state index is 0.0587. The van der Waals surface area contributed by atoms with Crippen LogP contribution in [0, 0.1) is 6.92 Å². The molecule has 1 unspecified atom stereocenters. The molecule has 3 aliphatic heterocycles. The van der Waals surface area contributed by atoms with Crippen molar-refractivity contribution < 1.29 is 18.0 Å². The molecule has 5 aromatic rings. The van der Waals surface area contributed by atoms with E-state index in [2.05, 4.69) is 25.4 Å². The topological polar surface area (TPSA) is 177 Å². The van der Waals surface area contributed by atoms with E-state index in [-0.39, 0.29) is 34.5 Å². The van der Waals surface area contributed by atoms with Gasteiger partial charge in [-0.3, -0.25) is 38.3 Å². The number of carbonyl (C=O) groups excluding carboxylic acids is 2. The van der Waals surface area contributed by atoms with Gasteiger partial charge in [-0.2, -0.15) is 9.29 Å². The molecule has 2 aromatic carbocycles. The molecule has 322 valence electrons. The molecule has 4 aliphatic rings. The molecule has 0 bridgehead atoms. The number of hydrogen-bond donors (Lipinski definition) is 2. The molecule has 16 nitrogen and oxygen atoms in total. The third-order valence-corrected chi connectivity index (χ3v) is 15.3. The minimum Gasteiger partial charge on any atom is -0.324 e. The van der Waals surface area contributed by atoms with Gasteiger partial charge >= 0.3 is 5.69 Å². The predicted octanol–water partition coefficient (Wildman–Crippen LogP) is 3.99. The van der Waals surface area contributed by atoms with Crippen LogP contribution >= 0.6 is 0 Å². The fraction of sp³-hybridized carbons (Fsp3) is 0.500. The van der Waals surface area contributed by atoms with Crippen molar-refractivity contribution >= 4 is 55.5 Å². The Morgan fingerprint density at radius 1 is 0.820 bits per heavy atom. The molecule has 0 radical (unpaired) electrons. The van der Waals surface area contributed by atoms with E-state index in [1.54, 1.807) is 57.0 Å². The Balaban J connectivity index is 0.752. The number of sulfonamides is 1. The molecule has 3 aromatic heterocycles. The summed E-state index contributed by atoms with van der Waals surface area (Å²) in [5.74, 6) is -0.378. The second-order valence-corrected chi connectivity index (χ2v) is 19.1. The molecule has 6 heterocycles. The molecule has 2 N–H and O–H groups in total. The average molecular weight is 851 g/mol. The highest BCUT2D eigenvalue weighted by Crippen LogP contribution is 2.32. The maximum atomic E-state index is 13.9. The third kappa shape index (κ3) is 8.15. The molecule has 1 aliphatic carbocycles. The molecule has 3 saturated heterocycles. The molecule has 9 rings (SSSR count). The van der Waals surface area contributed by atoms with Gasteiger partial charge in [-0.05, 0) is 106 Å². The summed E-state index contributed by atoms with van der Waals surface area (Å²) in [6.07, 6.45) is 9.77. The average Bonchev–Trinajstić information content (AvgIpc) is 3.88. The molecule has 4 fully saturated rings. The lowest BCUT2D eigenvalue weighted by molar-refractivity contribution is -0.135. The Bertz CT molecular complexity index is 2720. The largest absolute Gasteiger partial charge is 0.329 e. The van der Waals surface area contributed by atoms with E-state index in [1.807, 2.05) is 25.1 Å². The number of pyridine rings is 1. The maximum absolute atomic E-state index is 13.9. The van der Waals surface area contributed by atoms with Gasteiger partial charge in [0, 0.05) is 88.2 Å². The minimum atomic E-state index is -3.68. The van der Waals surface area contributed by atoms with Crippen LogP contribution in [0.2, 0.25) is 0 Å². The van der Waals surface area contributed by atoms with E-state index in [4.69, 9.17) is 4.98 Å². The first-order valence-electron chi connectivity index (χ1n) is 21.7. The number of piperidine rings is 2. The number of piperazine rings is 1. The first-order valence-corrected chi connectivity index (χ1v) is 23.1. The maximum Gasteiger partial charge on any atom is 0.329 e. The van der Waals surface area contributed by atoms with Gasteiger partial charge in [-0.15, -0.1) is 0 Å². The van der Waals surface area contributed by atoms with E-state index in [1.165, 1.54) is 4.57 Å². The normalized spacial score (nSPS) is 20.5. The Labute approximate surface area is 354 Å². The Morgan fingerprint density at radius 2 is 1.59 bits per heavy atom. The molecule has 2 amide bonds. The van der Waals surface area contributed by atoms with Gasteiger partial charge in [0.05, 0.1) is 15.9 Å².